The standard InChI is InChI=1S/C19H15ClN4O2/c1-25-16-7-6-14(9-17(16)26-2)23-19-22-11-15(20)18(24-19)13-5-3-4-12(8-13)10-21/h3-9,11H,1-2H3,(H,22,23,24). The summed E-state index contributed by atoms with van der Waals surface area (Å²) in [5.74, 6) is 1.59. The SMILES string of the molecule is COc1ccc(Nc2ncc(Cl)c(-c3cccc(C#N)c3)n2)cc1OC. The second-order valence-corrected chi connectivity index (χ2v) is 5.68. The maximum absolute atomic E-state index is 9.07. The van der Waals surface area contributed by atoms with Gasteiger partial charge in [0, 0.05) is 17.3 Å². The highest BCUT2D eigenvalue weighted by molar-refractivity contribution is 6.32. The van der Waals surface area contributed by atoms with Gasteiger partial charge in [-0.3, -0.25) is 0 Å². The van der Waals surface area contributed by atoms with Gasteiger partial charge in [0.25, 0.3) is 0 Å². The van der Waals surface area contributed by atoms with Crippen LogP contribution in [0.25, 0.3) is 11.3 Å². The number of aromatic nitrogens is 2. The summed E-state index contributed by atoms with van der Waals surface area (Å²) < 4.78 is 10.5. The van der Waals surface area contributed by atoms with Gasteiger partial charge in [-0.2, -0.15) is 5.26 Å². The van der Waals surface area contributed by atoms with Gasteiger partial charge >= 0.3 is 0 Å². The molecule has 1 heterocycles. The predicted octanol–water partition coefficient (Wildman–Crippen LogP) is 4.43. The number of methoxy groups -OCH3 is 2. The molecule has 0 bridgehead atoms. The molecule has 6 nitrogen and oxygen atoms in total. The van der Waals surface area contributed by atoms with Gasteiger partial charge in [0.05, 0.1) is 42.8 Å². The minimum atomic E-state index is 0.374. The van der Waals surface area contributed by atoms with Crippen LogP contribution in [0.3, 0.4) is 0 Å². The third-order valence-electron chi connectivity index (χ3n) is 3.65. The minimum absolute atomic E-state index is 0.374. The summed E-state index contributed by atoms with van der Waals surface area (Å²) >= 11 is 6.24. The number of rotatable bonds is 5. The minimum Gasteiger partial charge on any atom is -0.493 e. The Hall–Kier alpha value is -3.30. The molecule has 0 unspecified atom stereocenters. The van der Waals surface area contributed by atoms with Gasteiger partial charge in [-0.15, -0.1) is 0 Å². The molecule has 130 valence electrons. The van der Waals surface area contributed by atoms with Crippen LogP contribution in [-0.4, -0.2) is 24.2 Å². The van der Waals surface area contributed by atoms with E-state index in [1.807, 2.05) is 12.1 Å². The van der Waals surface area contributed by atoms with E-state index in [2.05, 4.69) is 21.4 Å². The van der Waals surface area contributed by atoms with E-state index in [0.717, 1.165) is 11.3 Å². The summed E-state index contributed by atoms with van der Waals surface area (Å²) in [6, 6.07) is 14.6. The summed E-state index contributed by atoms with van der Waals surface area (Å²) in [4.78, 5) is 8.68. The first-order valence-corrected chi connectivity index (χ1v) is 8.04. The normalized spacial score (nSPS) is 10.1. The van der Waals surface area contributed by atoms with Gasteiger partial charge in [-0.1, -0.05) is 23.7 Å². The zero-order valence-corrected chi connectivity index (χ0v) is 14.9. The fourth-order valence-corrected chi connectivity index (χ4v) is 2.61. The van der Waals surface area contributed by atoms with Crippen molar-refractivity contribution in [2.45, 2.75) is 0 Å². The lowest BCUT2D eigenvalue weighted by atomic mass is 10.1. The zero-order valence-electron chi connectivity index (χ0n) is 14.2. The third-order valence-corrected chi connectivity index (χ3v) is 3.93. The van der Waals surface area contributed by atoms with Crippen LogP contribution in [0, 0.1) is 11.3 Å². The quantitative estimate of drug-likeness (QED) is 0.719. The van der Waals surface area contributed by atoms with E-state index in [4.69, 9.17) is 26.3 Å². The number of halogens is 1. The van der Waals surface area contributed by atoms with Crippen LogP contribution >= 0.6 is 11.6 Å². The van der Waals surface area contributed by atoms with Crippen molar-refractivity contribution >= 4 is 23.2 Å². The molecule has 0 atom stereocenters. The highest BCUT2D eigenvalue weighted by Crippen LogP contribution is 2.32. The van der Waals surface area contributed by atoms with E-state index in [9.17, 15) is 0 Å². The van der Waals surface area contributed by atoms with Gasteiger partial charge in [0.1, 0.15) is 0 Å². The van der Waals surface area contributed by atoms with Gasteiger partial charge < -0.3 is 14.8 Å². The van der Waals surface area contributed by atoms with Crippen LogP contribution in [-0.2, 0) is 0 Å². The molecule has 0 aliphatic carbocycles. The molecular formula is C19H15ClN4O2. The second-order valence-electron chi connectivity index (χ2n) is 5.28. The molecule has 0 fully saturated rings. The molecule has 7 heteroatoms. The Kier molecular flexibility index (Phi) is 5.20. The number of nitrogens with zero attached hydrogens (tertiary/aromatic N) is 3. The van der Waals surface area contributed by atoms with Crippen LogP contribution in [0.5, 0.6) is 11.5 Å². The van der Waals surface area contributed by atoms with Gasteiger partial charge in [-0.05, 0) is 24.3 Å². The molecule has 26 heavy (non-hydrogen) atoms. The highest BCUT2D eigenvalue weighted by Gasteiger charge is 2.10. The van der Waals surface area contributed by atoms with Crippen LogP contribution in [0.15, 0.2) is 48.7 Å². The Morgan fingerprint density at radius 3 is 2.62 bits per heavy atom. The molecule has 0 amide bonds. The molecule has 0 saturated heterocycles. The number of anilines is 2. The zero-order chi connectivity index (χ0) is 18.5. The first kappa shape index (κ1) is 17.5. The molecular weight excluding hydrogens is 352 g/mol. The third kappa shape index (κ3) is 3.68. The molecule has 0 saturated carbocycles. The number of ether oxygens (including phenoxy) is 2. The number of benzene rings is 2. The van der Waals surface area contributed by atoms with Crippen molar-refractivity contribution in [3.63, 3.8) is 0 Å². The first-order chi connectivity index (χ1) is 12.6. The van der Waals surface area contributed by atoms with Gasteiger partial charge in [-0.25, -0.2) is 9.97 Å². The Morgan fingerprint density at radius 2 is 1.88 bits per heavy atom. The lowest BCUT2D eigenvalue weighted by Gasteiger charge is -2.11. The van der Waals surface area contributed by atoms with Crippen LogP contribution in [0.4, 0.5) is 11.6 Å². The molecule has 3 rings (SSSR count). The fraction of sp³-hybridized carbons (Fsp3) is 0.105. The monoisotopic (exact) mass is 366 g/mol. The van der Waals surface area contributed by atoms with E-state index in [1.54, 1.807) is 44.6 Å². The molecule has 1 N–H and O–H groups in total. The summed E-state index contributed by atoms with van der Waals surface area (Å²) in [6.45, 7) is 0. The molecule has 0 spiro atoms. The topological polar surface area (TPSA) is 80.1 Å². The molecule has 0 radical (unpaired) electrons. The first-order valence-electron chi connectivity index (χ1n) is 7.66. The summed E-state index contributed by atoms with van der Waals surface area (Å²) in [5, 5.41) is 12.6. The molecule has 0 aliphatic heterocycles. The van der Waals surface area contributed by atoms with Crippen LogP contribution in [0.2, 0.25) is 5.02 Å². The Labute approximate surface area is 156 Å². The largest absolute Gasteiger partial charge is 0.493 e. The number of hydrogen-bond acceptors (Lipinski definition) is 6. The Bertz CT molecular complexity index is 986. The van der Waals surface area contributed by atoms with E-state index in [0.29, 0.717) is 33.7 Å². The molecule has 0 aliphatic rings. The number of hydrogen-bond donors (Lipinski definition) is 1. The maximum Gasteiger partial charge on any atom is 0.227 e. The van der Waals surface area contributed by atoms with E-state index in [1.165, 1.54) is 6.20 Å². The van der Waals surface area contributed by atoms with Crippen LogP contribution < -0.4 is 14.8 Å². The predicted molar refractivity (Wildman–Crippen MR) is 100 cm³/mol. The van der Waals surface area contributed by atoms with Crippen LogP contribution in [0.1, 0.15) is 5.56 Å². The second kappa shape index (κ2) is 7.72. The van der Waals surface area contributed by atoms with Crippen molar-refractivity contribution in [1.29, 1.82) is 5.26 Å². The molecule has 2 aromatic carbocycles. The Balaban J connectivity index is 1.94. The van der Waals surface area contributed by atoms with Crippen molar-refractivity contribution in [1.82, 2.24) is 9.97 Å². The van der Waals surface area contributed by atoms with Crippen molar-refractivity contribution in [3.8, 4) is 28.8 Å². The van der Waals surface area contributed by atoms with Gasteiger partial charge in [0.15, 0.2) is 11.5 Å². The Morgan fingerprint density at radius 1 is 1.08 bits per heavy atom. The summed E-state index contributed by atoms with van der Waals surface area (Å²) in [7, 11) is 3.15. The lowest BCUT2D eigenvalue weighted by Crippen LogP contribution is -2.00. The van der Waals surface area contributed by atoms with Crippen molar-refractivity contribution in [2.24, 2.45) is 0 Å². The van der Waals surface area contributed by atoms with Crippen molar-refractivity contribution in [3.05, 3.63) is 59.2 Å². The summed E-state index contributed by atoms with van der Waals surface area (Å²) in [5.41, 5.74) is 2.56. The molecule has 1 aromatic heterocycles. The molecule has 3 aromatic rings. The highest BCUT2D eigenvalue weighted by atomic mass is 35.5. The number of nitriles is 1. The average Bonchev–Trinajstić information content (AvgIpc) is 2.69. The van der Waals surface area contributed by atoms with Crippen molar-refractivity contribution in [2.75, 3.05) is 19.5 Å². The van der Waals surface area contributed by atoms with E-state index < -0.39 is 0 Å². The lowest BCUT2D eigenvalue weighted by molar-refractivity contribution is 0.355. The van der Waals surface area contributed by atoms with Crippen molar-refractivity contribution < 1.29 is 9.47 Å². The van der Waals surface area contributed by atoms with E-state index >= 15 is 0 Å². The smallest absolute Gasteiger partial charge is 0.227 e. The average molecular weight is 367 g/mol. The van der Waals surface area contributed by atoms with Gasteiger partial charge in [0.2, 0.25) is 5.95 Å². The maximum atomic E-state index is 9.07. The van der Waals surface area contributed by atoms with E-state index in [-0.39, 0.29) is 0 Å². The number of nitrogens with one attached hydrogen (secondary N) is 1. The summed E-state index contributed by atoms with van der Waals surface area (Å²) in [6.07, 6.45) is 1.52. The fourth-order valence-electron chi connectivity index (χ4n) is 2.41.